The molecule has 5 nitrogen and oxygen atoms in total. The van der Waals surface area contributed by atoms with Crippen LogP contribution in [0.3, 0.4) is 0 Å². The minimum atomic E-state index is -0.168. The summed E-state index contributed by atoms with van der Waals surface area (Å²) in [6, 6.07) is 9.44. The Morgan fingerprint density at radius 2 is 1.96 bits per heavy atom. The van der Waals surface area contributed by atoms with Gasteiger partial charge in [-0.1, -0.05) is 22.0 Å². The average molecular weight is 404 g/mol. The maximum Gasteiger partial charge on any atom is 0.257 e. The third kappa shape index (κ3) is 4.38. The van der Waals surface area contributed by atoms with Crippen LogP contribution in [0, 0.1) is 6.92 Å². The number of hydrogen-bond donors (Lipinski definition) is 1. The number of carbonyl (C=O) groups is 1. The molecule has 25 heavy (non-hydrogen) atoms. The van der Waals surface area contributed by atoms with Crippen LogP contribution in [-0.4, -0.2) is 36.2 Å². The minimum absolute atomic E-state index is 0.168. The SMILES string of the molecule is Cc1ccc(NC(=O)c2ccc(N3CC(C)OC(C)C3)nc2)cc1Br. The lowest BCUT2D eigenvalue weighted by atomic mass is 10.2. The summed E-state index contributed by atoms with van der Waals surface area (Å²) in [5.74, 6) is 0.704. The number of nitrogens with zero attached hydrogens (tertiary/aromatic N) is 2. The molecular formula is C19H22BrN3O2. The first-order valence-corrected chi connectivity index (χ1v) is 9.15. The Hall–Kier alpha value is -1.92. The summed E-state index contributed by atoms with van der Waals surface area (Å²) in [5.41, 5.74) is 2.41. The third-order valence-electron chi connectivity index (χ3n) is 4.18. The van der Waals surface area contributed by atoms with Gasteiger partial charge in [0.2, 0.25) is 0 Å². The van der Waals surface area contributed by atoms with E-state index in [4.69, 9.17) is 4.74 Å². The van der Waals surface area contributed by atoms with Gasteiger partial charge in [-0.05, 0) is 50.6 Å². The number of anilines is 2. The van der Waals surface area contributed by atoms with E-state index >= 15 is 0 Å². The van der Waals surface area contributed by atoms with Crippen molar-refractivity contribution in [3.05, 3.63) is 52.1 Å². The van der Waals surface area contributed by atoms with Crippen molar-refractivity contribution in [2.75, 3.05) is 23.3 Å². The van der Waals surface area contributed by atoms with Gasteiger partial charge >= 0.3 is 0 Å². The van der Waals surface area contributed by atoms with Crippen LogP contribution in [-0.2, 0) is 4.74 Å². The second kappa shape index (κ2) is 7.54. The molecule has 2 aromatic rings. The second-order valence-corrected chi connectivity index (χ2v) is 7.34. The van der Waals surface area contributed by atoms with E-state index in [2.05, 4.69) is 45.0 Å². The Morgan fingerprint density at radius 3 is 2.56 bits per heavy atom. The van der Waals surface area contributed by atoms with Crippen molar-refractivity contribution in [1.29, 1.82) is 0 Å². The van der Waals surface area contributed by atoms with E-state index in [-0.39, 0.29) is 18.1 Å². The molecule has 0 radical (unpaired) electrons. The molecule has 1 aromatic heterocycles. The van der Waals surface area contributed by atoms with E-state index in [1.165, 1.54) is 0 Å². The number of halogens is 1. The molecule has 2 atom stereocenters. The van der Waals surface area contributed by atoms with Crippen LogP contribution in [0.1, 0.15) is 29.8 Å². The topological polar surface area (TPSA) is 54.5 Å². The molecule has 3 rings (SSSR count). The van der Waals surface area contributed by atoms with Gasteiger partial charge in [-0.2, -0.15) is 0 Å². The Labute approximate surface area is 156 Å². The standard InChI is InChI=1S/C19H22BrN3O2/c1-12-4-6-16(8-17(12)20)22-19(24)15-5-7-18(21-9-15)23-10-13(2)25-14(3)11-23/h4-9,13-14H,10-11H2,1-3H3,(H,22,24). The molecule has 0 aliphatic carbocycles. The summed E-state index contributed by atoms with van der Waals surface area (Å²) < 4.78 is 6.71. The fraction of sp³-hybridized carbons (Fsp3) is 0.368. The third-order valence-corrected chi connectivity index (χ3v) is 5.04. The number of morpholine rings is 1. The molecule has 2 unspecified atom stereocenters. The van der Waals surface area contributed by atoms with Crippen molar-refractivity contribution in [3.63, 3.8) is 0 Å². The maximum absolute atomic E-state index is 12.4. The Bertz CT molecular complexity index is 754. The van der Waals surface area contributed by atoms with Gasteiger partial charge < -0.3 is 15.0 Å². The number of rotatable bonds is 3. The van der Waals surface area contributed by atoms with Gasteiger partial charge in [0.05, 0.1) is 17.8 Å². The molecule has 0 bridgehead atoms. The predicted octanol–water partition coefficient (Wildman–Crippen LogP) is 4.02. The number of pyridine rings is 1. The Balaban J connectivity index is 1.69. The van der Waals surface area contributed by atoms with Gasteiger partial charge in [0.1, 0.15) is 5.82 Å². The van der Waals surface area contributed by atoms with E-state index in [0.29, 0.717) is 5.56 Å². The highest BCUT2D eigenvalue weighted by Crippen LogP contribution is 2.22. The number of aryl methyl sites for hydroxylation is 1. The average Bonchev–Trinajstić information content (AvgIpc) is 2.57. The fourth-order valence-corrected chi connectivity index (χ4v) is 3.33. The van der Waals surface area contributed by atoms with Gasteiger partial charge in [0.25, 0.3) is 5.91 Å². The maximum atomic E-state index is 12.4. The lowest BCUT2D eigenvalue weighted by Gasteiger charge is -2.36. The molecule has 132 valence electrons. The number of aromatic nitrogens is 1. The van der Waals surface area contributed by atoms with E-state index in [1.54, 1.807) is 6.20 Å². The zero-order valence-corrected chi connectivity index (χ0v) is 16.2. The first kappa shape index (κ1) is 17.9. The molecule has 1 amide bonds. The van der Waals surface area contributed by atoms with Gasteiger partial charge in [0.15, 0.2) is 0 Å². The predicted molar refractivity (Wildman–Crippen MR) is 103 cm³/mol. The fourth-order valence-electron chi connectivity index (χ4n) is 2.95. The quantitative estimate of drug-likeness (QED) is 0.840. The summed E-state index contributed by atoms with van der Waals surface area (Å²) >= 11 is 3.48. The number of benzene rings is 1. The lowest BCUT2D eigenvalue weighted by molar-refractivity contribution is -0.00546. The van der Waals surface area contributed by atoms with Gasteiger partial charge in [-0.3, -0.25) is 4.79 Å². The van der Waals surface area contributed by atoms with Gasteiger partial charge in [-0.25, -0.2) is 4.98 Å². The van der Waals surface area contributed by atoms with E-state index in [9.17, 15) is 4.79 Å². The summed E-state index contributed by atoms with van der Waals surface area (Å²) in [4.78, 5) is 19.1. The van der Waals surface area contributed by atoms with E-state index < -0.39 is 0 Å². The Morgan fingerprint density at radius 1 is 1.24 bits per heavy atom. The van der Waals surface area contributed by atoms with Crippen molar-refractivity contribution < 1.29 is 9.53 Å². The van der Waals surface area contributed by atoms with Crippen molar-refractivity contribution in [2.45, 2.75) is 33.0 Å². The number of amides is 1. The zero-order chi connectivity index (χ0) is 18.0. The monoisotopic (exact) mass is 403 g/mol. The molecule has 1 aromatic carbocycles. The summed E-state index contributed by atoms with van der Waals surface area (Å²) in [6.45, 7) is 7.74. The normalized spacial score (nSPS) is 20.4. The zero-order valence-electron chi connectivity index (χ0n) is 14.6. The summed E-state index contributed by atoms with van der Waals surface area (Å²) in [7, 11) is 0. The van der Waals surface area contributed by atoms with Crippen LogP contribution in [0.4, 0.5) is 11.5 Å². The van der Waals surface area contributed by atoms with Crippen LogP contribution in [0.2, 0.25) is 0 Å². The first-order chi connectivity index (χ1) is 11.9. The largest absolute Gasteiger partial charge is 0.372 e. The first-order valence-electron chi connectivity index (χ1n) is 8.36. The smallest absolute Gasteiger partial charge is 0.257 e. The number of ether oxygens (including phenoxy) is 1. The van der Waals surface area contributed by atoms with Crippen LogP contribution in [0.15, 0.2) is 41.0 Å². The Kier molecular flexibility index (Phi) is 5.39. The molecule has 1 saturated heterocycles. The summed E-state index contributed by atoms with van der Waals surface area (Å²) in [6.07, 6.45) is 1.97. The number of nitrogens with one attached hydrogen (secondary N) is 1. The van der Waals surface area contributed by atoms with Crippen molar-refractivity contribution in [2.24, 2.45) is 0 Å². The van der Waals surface area contributed by atoms with Gasteiger partial charge in [-0.15, -0.1) is 0 Å². The lowest BCUT2D eigenvalue weighted by Crippen LogP contribution is -2.45. The molecule has 0 spiro atoms. The van der Waals surface area contributed by atoms with Crippen LogP contribution in [0.25, 0.3) is 0 Å². The van der Waals surface area contributed by atoms with E-state index in [0.717, 1.165) is 34.6 Å². The van der Waals surface area contributed by atoms with Crippen molar-refractivity contribution in [1.82, 2.24) is 4.98 Å². The molecular weight excluding hydrogens is 382 g/mol. The van der Waals surface area contributed by atoms with Crippen LogP contribution < -0.4 is 10.2 Å². The van der Waals surface area contributed by atoms with Crippen LogP contribution >= 0.6 is 15.9 Å². The molecule has 1 fully saturated rings. The van der Waals surface area contributed by atoms with Gasteiger partial charge in [0, 0.05) is 29.4 Å². The molecule has 2 heterocycles. The highest BCUT2D eigenvalue weighted by atomic mass is 79.9. The highest BCUT2D eigenvalue weighted by Gasteiger charge is 2.23. The molecule has 1 aliphatic rings. The second-order valence-electron chi connectivity index (χ2n) is 6.49. The molecule has 1 aliphatic heterocycles. The summed E-state index contributed by atoms with van der Waals surface area (Å²) in [5, 5.41) is 2.90. The van der Waals surface area contributed by atoms with E-state index in [1.807, 2.05) is 37.3 Å². The number of carbonyl (C=O) groups excluding carboxylic acids is 1. The van der Waals surface area contributed by atoms with Crippen molar-refractivity contribution >= 4 is 33.3 Å². The molecule has 6 heteroatoms. The number of hydrogen-bond acceptors (Lipinski definition) is 4. The molecule has 0 saturated carbocycles. The van der Waals surface area contributed by atoms with Crippen molar-refractivity contribution in [3.8, 4) is 0 Å². The highest BCUT2D eigenvalue weighted by molar-refractivity contribution is 9.10. The minimum Gasteiger partial charge on any atom is -0.372 e. The molecule has 1 N–H and O–H groups in total. The van der Waals surface area contributed by atoms with Crippen LogP contribution in [0.5, 0.6) is 0 Å².